The molecule has 1 aromatic heterocycles. The number of Topliss-reactive ketones (excluding diaryl/α,β-unsaturated/α-hetero) is 1. The highest BCUT2D eigenvalue weighted by atomic mass is 79.9. The van der Waals surface area contributed by atoms with Crippen LogP contribution < -0.4 is 16.0 Å². The third-order valence-corrected chi connectivity index (χ3v) is 9.15. The number of anilines is 2. The Bertz CT molecular complexity index is 1610. The zero-order valence-electron chi connectivity index (χ0n) is 21.6. The van der Waals surface area contributed by atoms with Crippen molar-refractivity contribution in [2.24, 2.45) is 11.7 Å². The third kappa shape index (κ3) is 5.89. The predicted molar refractivity (Wildman–Crippen MR) is 162 cm³/mol. The smallest absolute Gasteiger partial charge is 0.234 e. The van der Waals surface area contributed by atoms with Crippen LogP contribution in [0, 0.1) is 24.2 Å². The molecule has 1 aliphatic heterocycles. The Morgan fingerprint density at radius 2 is 2.08 bits per heavy atom. The quantitative estimate of drug-likeness (QED) is 0.295. The van der Waals surface area contributed by atoms with Crippen molar-refractivity contribution >= 4 is 67.6 Å². The van der Waals surface area contributed by atoms with Crippen LogP contribution in [0.1, 0.15) is 30.4 Å². The molecule has 0 spiro atoms. The van der Waals surface area contributed by atoms with Crippen molar-refractivity contribution in [2.75, 3.05) is 16.0 Å². The average molecular weight is 634 g/mol. The number of ketones is 1. The number of aryl methyl sites for hydroxylation is 1. The number of allylic oxidation sites excluding steroid dienone is 4. The highest BCUT2D eigenvalue weighted by molar-refractivity contribution is 9.10. The monoisotopic (exact) mass is 632 g/mol. The van der Waals surface area contributed by atoms with Crippen molar-refractivity contribution in [3.8, 4) is 6.07 Å². The summed E-state index contributed by atoms with van der Waals surface area (Å²) in [5.41, 5.74) is 10.9. The van der Waals surface area contributed by atoms with Gasteiger partial charge in [0.1, 0.15) is 5.82 Å². The highest BCUT2D eigenvalue weighted by Crippen LogP contribution is 2.44. The number of rotatable bonds is 7. The normalized spacial score (nSPS) is 17.3. The van der Waals surface area contributed by atoms with E-state index in [1.165, 1.54) is 23.1 Å². The molecule has 0 fully saturated rings. The second-order valence-corrected chi connectivity index (χ2v) is 12.4. The second-order valence-electron chi connectivity index (χ2n) is 9.28. The van der Waals surface area contributed by atoms with Gasteiger partial charge in [-0.05, 0) is 49.1 Å². The number of nitriles is 1. The van der Waals surface area contributed by atoms with E-state index < -0.39 is 5.92 Å². The fraction of sp³-hybridized carbons (Fsp3) is 0.207. The Morgan fingerprint density at radius 1 is 1.27 bits per heavy atom. The van der Waals surface area contributed by atoms with Crippen molar-refractivity contribution in [3.05, 3.63) is 92.9 Å². The first kappa shape index (κ1) is 27.8. The number of amides is 1. The van der Waals surface area contributed by atoms with E-state index in [1.54, 1.807) is 4.90 Å². The Labute approximate surface area is 248 Å². The molecule has 0 saturated heterocycles. The van der Waals surface area contributed by atoms with Crippen LogP contribution in [0.15, 0.2) is 86.1 Å². The summed E-state index contributed by atoms with van der Waals surface area (Å²) in [7, 11) is 0. The molecule has 1 amide bonds. The summed E-state index contributed by atoms with van der Waals surface area (Å²) in [4.78, 5) is 27.5. The van der Waals surface area contributed by atoms with Crippen LogP contribution in [0.5, 0.6) is 0 Å². The van der Waals surface area contributed by atoms with Crippen LogP contribution in [0.3, 0.4) is 0 Å². The van der Waals surface area contributed by atoms with Crippen LogP contribution in [0.25, 0.3) is 6.08 Å². The molecule has 2 aromatic carbocycles. The molecule has 3 aromatic rings. The second kappa shape index (κ2) is 12.2. The highest BCUT2D eigenvalue weighted by Gasteiger charge is 2.39. The number of nitrogens with one attached hydrogen (secondary N) is 1. The number of aromatic nitrogens is 2. The minimum absolute atomic E-state index is 0.00762. The molecular formula is C29H25BrN6O2S2. The zero-order valence-corrected chi connectivity index (χ0v) is 24.8. The average Bonchev–Trinajstić information content (AvgIpc) is 3.41. The fourth-order valence-electron chi connectivity index (χ4n) is 4.74. The number of nitrogens with zero attached hydrogens (tertiary/aromatic N) is 4. The first-order chi connectivity index (χ1) is 19.4. The molecule has 1 aliphatic carbocycles. The molecule has 40 heavy (non-hydrogen) atoms. The lowest BCUT2D eigenvalue weighted by Crippen LogP contribution is -2.39. The first-order valence-corrected chi connectivity index (χ1v) is 15.2. The van der Waals surface area contributed by atoms with Gasteiger partial charge in [-0.1, -0.05) is 81.5 Å². The van der Waals surface area contributed by atoms with Crippen molar-refractivity contribution in [3.63, 3.8) is 0 Å². The molecule has 3 N–H and O–H groups in total. The van der Waals surface area contributed by atoms with Gasteiger partial charge < -0.3 is 11.1 Å². The molecule has 8 nitrogen and oxygen atoms in total. The van der Waals surface area contributed by atoms with Gasteiger partial charge in [0, 0.05) is 33.8 Å². The van der Waals surface area contributed by atoms with Gasteiger partial charge in [0.2, 0.25) is 11.0 Å². The van der Waals surface area contributed by atoms with Crippen molar-refractivity contribution in [2.45, 2.75) is 30.5 Å². The molecule has 11 heteroatoms. The van der Waals surface area contributed by atoms with Gasteiger partial charge in [0.05, 0.1) is 17.4 Å². The van der Waals surface area contributed by atoms with E-state index in [4.69, 9.17) is 5.73 Å². The van der Waals surface area contributed by atoms with Crippen molar-refractivity contribution < 1.29 is 9.59 Å². The number of carbonyl (C=O) groups excluding carboxylic acids is 2. The molecule has 5 rings (SSSR count). The number of hydrogen-bond acceptors (Lipinski definition) is 9. The van der Waals surface area contributed by atoms with E-state index in [1.807, 2.05) is 67.6 Å². The van der Waals surface area contributed by atoms with Gasteiger partial charge in [-0.2, -0.15) is 5.26 Å². The van der Waals surface area contributed by atoms with Crippen LogP contribution in [0.4, 0.5) is 10.8 Å². The van der Waals surface area contributed by atoms with Gasteiger partial charge in [0.15, 0.2) is 10.1 Å². The van der Waals surface area contributed by atoms with Gasteiger partial charge in [-0.15, -0.1) is 10.2 Å². The summed E-state index contributed by atoms with van der Waals surface area (Å²) in [6.07, 6.45) is 5.54. The largest absolute Gasteiger partial charge is 0.384 e. The lowest BCUT2D eigenvalue weighted by Gasteiger charge is -2.37. The van der Waals surface area contributed by atoms with Gasteiger partial charge in [-0.25, -0.2) is 0 Å². The van der Waals surface area contributed by atoms with E-state index in [0.29, 0.717) is 39.9 Å². The van der Waals surface area contributed by atoms with E-state index in [-0.39, 0.29) is 23.3 Å². The first-order valence-electron chi connectivity index (χ1n) is 12.6. The summed E-state index contributed by atoms with van der Waals surface area (Å²) in [5, 5.41) is 22.1. The maximum atomic E-state index is 13.2. The maximum Gasteiger partial charge on any atom is 0.234 e. The standard InChI is InChI=1S/C29H25BrN6O2S2/c1-17-14-19(30)11-13-22(17)33-25(38)16-39-29-35-34-28(40-29)36-23-8-5-9-24(37)26(23)20(21(15-31)27(36)32)12-10-18-6-3-2-4-7-18/h2-4,6-7,10-14,20H,5,8-9,16,32H2,1H3,(H,33,38)/b12-10+. The number of halogens is 1. The number of thioether (sulfide) groups is 1. The molecular weight excluding hydrogens is 608 g/mol. The van der Waals surface area contributed by atoms with E-state index in [9.17, 15) is 14.9 Å². The van der Waals surface area contributed by atoms with Crippen LogP contribution >= 0.6 is 39.0 Å². The molecule has 1 atom stereocenters. The fourth-order valence-corrected chi connectivity index (χ4v) is 6.90. The van der Waals surface area contributed by atoms with E-state index >= 15 is 0 Å². The van der Waals surface area contributed by atoms with Gasteiger partial charge in [0.25, 0.3) is 0 Å². The minimum atomic E-state index is -0.531. The minimum Gasteiger partial charge on any atom is -0.384 e. The van der Waals surface area contributed by atoms with Crippen LogP contribution in [0.2, 0.25) is 0 Å². The topological polar surface area (TPSA) is 125 Å². The Balaban J connectivity index is 1.38. The Kier molecular flexibility index (Phi) is 8.49. The zero-order chi connectivity index (χ0) is 28.2. The van der Waals surface area contributed by atoms with Crippen molar-refractivity contribution in [1.82, 2.24) is 10.2 Å². The molecule has 2 heterocycles. The SMILES string of the molecule is Cc1cc(Br)ccc1NC(=O)CSc1nnc(N2C(N)=C(C#N)C(/C=C/c3ccccc3)C3=C2CCCC3=O)s1. The lowest BCUT2D eigenvalue weighted by atomic mass is 9.79. The number of benzene rings is 2. The Morgan fingerprint density at radius 3 is 2.83 bits per heavy atom. The summed E-state index contributed by atoms with van der Waals surface area (Å²) >= 11 is 5.96. The third-order valence-electron chi connectivity index (χ3n) is 6.62. The molecule has 0 radical (unpaired) electrons. The summed E-state index contributed by atoms with van der Waals surface area (Å²) in [6, 6.07) is 17.6. The summed E-state index contributed by atoms with van der Waals surface area (Å²) < 4.78 is 1.53. The maximum absolute atomic E-state index is 13.2. The van der Waals surface area contributed by atoms with Crippen LogP contribution in [-0.4, -0.2) is 27.6 Å². The van der Waals surface area contributed by atoms with Gasteiger partial charge >= 0.3 is 0 Å². The number of carbonyl (C=O) groups is 2. The van der Waals surface area contributed by atoms with Crippen LogP contribution in [-0.2, 0) is 9.59 Å². The van der Waals surface area contributed by atoms with Gasteiger partial charge in [-0.3, -0.25) is 14.5 Å². The van der Waals surface area contributed by atoms with E-state index in [0.717, 1.165) is 27.0 Å². The number of nitrogens with two attached hydrogens (primary N) is 1. The molecule has 1 unspecified atom stereocenters. The lowest BCUT2D eigenvalue weighted by molar-refractivity contribution is -0.116. The Hall–Kier alpha value is -3.72. The van der Waals surface area contributed by atoms with E-state index in [2.05, 4.69) is 37.5 Å². The van der Waals surface area contributed by atoms with Crippen molar-refractivity contribution in [1.29, 1.82) is 5.26 Å². The molecule has 2 aliphatic rings. The predicted octanol–water partition coefficient (Wildman–Crippen LogP) is 6.19. The summed E-state index contributed by atoms with van der Waals surface area (Å²) in [5.74, 6) is -0.287. The molecule has 202 valence electrons. The molecule has 0 bridgehead atoms. The number of hydrogen-bond donors (Lipinski definition) is 2. The summed E-state index contributed by atoms with van der Waals surface area (Å²) in [6.45, 7) is 1.93. The molecule has 0 saturated carbocycles.